The van der Waals surface area contributed by atoms with Crippen LogP contribution in [0.25, 0.3) is 10.1 Å². The van der Waals surface area contributed by atoms with Crippen molar-refractivity contribution in [3.63, 3.8) is 0 Å². The monoisotopic (exact) mass is 316 g/mol. The normalized spacial score (nSPS) is 11.0. The number of rotatable bonds is 4. The van der Waals surface area contributed by atoms with Gasteiger partial charge in [0.15, 0.2) is 0 Å². The van der Waals surface area contributed by atoms with Crippen LogP contribution in [-0.4, -0.2) is 4.37 Å². The fourth-order valence-electron chi connectivity index (χ4n) is 2.78. The first kappa shape index (κ1) is 14.0. The van der Waals surface area contributed by atoms with Crippen LogP contribution in [0.1, 0.15) is 17.2 Å². The molecule has 0 spiro atoms. The van der Waals surface area contributed by atoms with Crippen LogP contribution in [0.3, 0.4) is 0 Å². The highest BCUT2D eigenvalue weighted by Crippen LogP contribution is 2.32. The minimum absolute atomic E-state index is 0.0860. The zero-order valence-electron chi connectivity index (χ0n) is 12.5. The lowest BCUT2D eigenvalue weighted by atomic mass is 9.98. The molecule has 1 N–H and O–H groups in total. The van der Waals surface area contributed by atoms with Crippen LogP contribution in [0.15, 0.2) is 84.9 Å². The van der Waals surface area contributed by atoms with Crippen molar-refractivity contribution >= 4 is 27.4 Å². The Morgan fingerprint density at radius 1 is 0.696 bits per heavy atom. The molecule has 0 atom stereocenters. The highest BCUT2D eigenvalue weighted by molar-refractivity contribution is 7.13. The Morgan fingerprint density at radius 3 is 1.91 bits per heavy atom. The van der Waals surface area contributed by atoms with E-state index >= 15 is 0 Å². The second kappa shape index (κ2) is 6.23. The molecule has 0 aliphatic heterocycles. The summed E-state index contributed by atoms with van der Waals surface area (Å²) >= 11 is 1.53. The summed E-state index contributed by atoms with van der Waals surface area (Å²) in [5.41, 5.74) is 2.46. The summed E-state index contributed by atoms with van der Waals surface area (Å²) in [5.74, 6) is 0.948. The van der Waals surface area contributed by atoms with Gasteiger partial charge in [0, 0.05) is 5.39 Å². The van der Waals surface area contributed by atoms with Gasteiger partial charge in [0.2, 0.25) is 0 Å². The second-order valence-electron chi connectivity index (χ2n) is 5.43. The molecule has 112 valence electrons. The quantitative estimate of drug-likeness (QED) is 0.538. The van der Waals surface area contributed by atoms with Crippen molar-refractivity contribution in [2.75, 3.05) is 5.32 Å². The standard InChI is InChI=1S/C20H16N2S/c1-3-9-15(10-4-1)19(16-11-5-2-6-12-16)21-20-17-13-7-8-14-18(17)23-22-20/h1-14,19H,(H,21,22). The van der Waals surface area contributed by atoms with E-state index in [9.17, 15) is 0 Å². The van der Waals surface area contributed by atoms with Gasteiger partial charge in [-0.2, -0.15) is 4.37 Å². The molecule has 0 bridgehead atoms. The molecule has 3 heteroatoms. The Bertz CT molecular complexity index is 861. The summed E-state index contributed by atoms with van der Waals surface area (Å²) < 4.78 is 5.82. The van der Waals surface area contributed by atoms with Crippen LogP contribution in [0.4, 0.5) is 5.82 Å². The zero-order chi connectivity index (χ0) is 15.5. The molecule has 1 heterocycles. The fraction of sp³-hybridized carbons (Fsp3) is 0.0500. The molecule has 0 aliphatic rings. The van der Waals surface area contributed by atoms with Crippen molar-refractivity contribution in [2.45, 2.75) is 6.04 Å². The molecule has 2 nitrogen and oxygen atoms in total. The minimum Gasteiger partial charge on any atom is -0.358 e. The van der Waals surface area contributed by atoms with Crippen LogP contribution in [0.5, 0.6) is 0 Å². The lowest BCUT2D eigenvalue weighted by molar-refractivity contribution is 0.935. The van der Waals surface area contributed by atoms with Gasteiger partial charge in [-0.25, -0.2) is 0 Å². The Kier molecular flexibility index (Phi) is 3.78. The molecule has 0 amide bonds. The van der Waals surface area contributed by atoms with E-state index in [4.69, 9.17) is 0 Å². The van der Waals surface area contributed by atoms with Crippen molar-refractivity contribution in [3.05, 3.63) is 96.1 Å². The van der Waals surface area contributed by atoms with Crippen molar-refractivity contribution in [1.82, 2.24) is 4.37 Å². The minimum atomic E-state index is 0.0860. The lowest BCUT2D eigenvalue weighted by Crippen LogP contribution is -2.12. The lowest BCUT2D eigenvalue weighted by Gasteiger charge is -2.20. The molecular formula is C20H16N2S. The third-order valence-corrected chi connectivity index (χ3v) is 4.75. The summed E-state index contributed by atoms with van der Waals surface area (Å²) in [5, 5.41) is 4.81. The van der Waals surface area contributed by atoms with Crippen LogP contribution in [-0.2, 0) is 0 Å². The summed E-state index contributed by atoms with van der Waals surface area (Å²) in [6, 6.07) is 29.4. The van der Waals surface area contributed by atoms with E-state index in [0.717, 1.165) is 5.82 Å². The van der Waals surface area contributed by atoms with Crippen LogP contribution in [0.2, 0.25) is 0 Å². The molecule has 4 aromatic rings. The number of aromatic nitrogens is 1. The zero-order valence-corrected chi connectivity index (χ0v) is 13.3. The number of hydrogen-bond donors (Lipinski definition) is 1. The first-order valence-corrected chi connectivity index (χ1v) is 8.40. The van der Waals surface area contributed by atoms with Gasteiger partial charge in [-0.05, 0) is 34.8 Å². The van der Waals surface area contributed by atoms with Crippen molar-refractivity contribution < 1.29 is 0 Å². The number of anilines is 1. The largest absolute Gasteiger partial charge is 0.358 e. The van der Waals surface area contributed by atoms with E-state index in [0.29, 0.717) is 0 Å². The Morgan fingerprint density at radius 2 is 1.26 bits per heavy atom. The molecule has 0 saturated carbocycles. The molecule has 4 rings (SSSR count). The molecular weight excluding hydrogens is 300 g/mol. The number of nitrogens with zero attached hydrogens (tertiary/aromatic N) is 1. The number of fused-ring (bicyclic) bond motifs is 1. The van der Waals surface area contributed by atoms with Gasteiger partial charge in [0.1, 0.15) is 5.82 Å². The van der Waals surface area contributed by atoms with Crippen molar-refractivity contribution in [2.24, 2.45) is 0 Å². The Labute approximate surface area is 139 Å². The third kappa shape index (κ3) is 2.83. The van der Waals surface area contributed by atoms with E-state index in [1.807, 2.05) is 12.1 Å². The molecule has 0 fully saturated rings. The molecule has 0 unspecified atom stereocenters. The van der Waals surface area contributed by atoms with Crippen molar-refractivity contribution in [3.8, 4) is 0 Å². The maximum Gasteiger partial charge on any atom is 0.148 e. The fourth-order valence-corrected chi connectivity index (χ4v) is 3.52. The van der Waals surface area contributed by atoms with E-state index < -0.39 is 0 Å². The molecule has 3 aromatic carbocycles. The van der Waals surface area contributed by atoms with E-state index in [1.165, 1.54) is 32.7 Å². The average Bonchev–Trinajstić information content (AvgIpc) is 3.04. The van der Waals surface area contributed by atoms with Crippen molar-refractivity contribution in [1.29, 1.82) is 0 Å². The second-order valence-corrected chi connectivity index (χ2v) is 6.23. The van der Waals surface area contributed by atoms with Gasteiger partial charge in [-0.1, -0.05) is 72.8 Å². The molecule has 23 heavy (non-hydrogen) atoms. The number of nitrogens with one attached hydrogen (secondary N) is 1. The highest BCUT2D eigenvalue weighted by Gasteiger charge is 2.16. The predicted molar refractivity (Wildman–Crippen MR) is 98.0 cm³/mol. The first-order valence-electron chi connectivity index (χ1n) is 7.63. The first-order chi connectivity index (χ1) is 11.4. The van der Waals surface area contributed by atoms with Gasteiger partial charge < -0.3 is 5.32 Å². The summed E-state index contributed by atoms with van der Waals surface area (Å²) in [6.07, 6.45) is 0. The molecule has 1 aromatic heterocycles. The summed E-state index contributed by atoms with van der Waals surface area (Å²) in [4.78, 5) is 0. The van der Waals surface area contributed by atoms with Crippen LogP contribution < -0.4 is 5.32 Å². The molecule has 0 aliphatic carbocycles. The van der Waals surface area contributed by atoms with Gasteiger partial charge in [0.05, 0.1) is 10.7 Å². The summed E-state index contributed by atoms with van der Waals surface area (Å²) in [7, 11) is 0. The van der Waals surface area contributed by atoms with Gasteiger partial charge in [-0.15, -0.1) is 0 Å². The SMILES string of the molecule is c1ccc(C(Nc2nsc3ccccc23)c2ccccc2)cc1. The predicted octanol–water partition coefficient (Wildman–Crippen LogP) is 5.50. The van der Waals surface area contributed by atoms with E-state index in [2.05, 4.69) is 82.5 Å². The number of benzene rings is 3. The van der Waals surface area contributed by atoms with Gasteiger partial charge in [0.25, 0.3) is 0 Å². The van der Waals surface area contributed by atoms with Crippen LogP contribution in [0, 0.1) is 0 Å². The van der Waals surface area contributed by atoms with E-state index in [1.54, 1.807) is 0 Å². The third-order valence-electron chi connectivity index (χ3n) is 3.92. The number of hydrogen-bond acceptors (Lipinski definition) is 3. The maximum absolute atomic E-state index is 4.62. The maximum atomic E-state index is 4.62. The Balaban J connectivity index is 1.77. The van der Waals surface area contributed by atoms with Gasteiger partial charge >= 0.3 is 0 Å². The average molecular weight is 316 g/mol. The molecule has 0 saturated heterocycles. The van der Waals surface area contributed by atoms with Crippen LogP contribution >= 0.6 is 11.5 Å². The smallest absolute Gasteiger partial charge is 0.148 e. The molecule has 0 radical (unpaired) electrons. The Hall–Kier alpha value is -2.65. The van der Waals surface area contributed by atoms with Gasteiger partial charge in [-0.3, -0.25) is 0 Å². The summed E-state index contributed by atoms with van der Waals surface area (Å²) in [6.45, 7) is 0. The highest BCUT2D eigenvalue weighted by atomic mass is 32.1. The topological polar surface area (TPSA) is 24.9 Å². The van der Waals surface area contributed by atoms with E-state index in [-0.39, 0.29) is 6.04 Å².